The number of aryl methyl sites for hydroxylation is 2. The first-order valence-electron chi connectivity index (χ1n) is 7.37. The maximum atomic E-state index is 13.5. The van der Waals surface area contributed by atoms with E-state index < -0.39 is 30.1 Å². The van der Waals surface area contributed by atoms with Gasteiger partial charge in [-0.05, 0) is 25.5 Å². The molecule has 0 spiro atoms. The maximum absolute atomic E-state index is 13.5. The molecule has 134 valence electrons. The number of carbonyl (C=O) groups is 2. The van der Waals surface area contributed by atoms with Gasteiger partial charge in [-0.25, -0.2) is 13.6 Å². The zero-order valence-corrected chi connectivity index (χ0v) is 14.4. The first-order valence-corrected chi connectivity index (χ1v) is 7.75. The van der Waals surface area contributed by atoms with Crippen LogP contribution in [0.3, 0.4) is 0 Å². The summed E-state index contributed by atoms with van der Waals surface area (Å²) in [5.74, 6) is -2.72. The number of esters is 1. The van der Waals surface area contributed by atoms with Crippen LogP contribution in [0, 0.1) is 18.6 Å². The largest absolute Gasteiger partial charge is 0.452 e. The number of amides is 1. The third kappa shape index (κ3) is 4.54. The monoisotopic (exact) mass is 371 g/mol. The minimum Gasteiger partial charge on any atom is -0.452 e. The fourth-order valence-electron chi connectivity index (χ4n) is 2.21. The van der Waals surface area contributed by atoms with Crippen molar-refractivity contribution < 1.29 is 23.1 Å². The van der Waals surface area contributed by atoms with Gasteiger partial charge >= 0.3 is 5.97 Å². The van der Waals surface area contributed by atoms with Gasteiger partial charge in [-0.1, -0.05) is 17.7 Å². The molecule has 6 nitrogen and oxygen atoms in total. The van der Waals surface area contributed by atoms with Crippen molar-refractivity contribution in [3.8, 4) is 0 Å². The van der Waals surface area contributed by atoms with E-state index in [9.17, 15) is 18.4 Å². The van der Waals surface area contributed by atoms with Crippen LogP contribution < -0.4 is 5.32 Å². The van der Waals surface area contributed by atoms with Crippen molar-refractivity contribution in [2.45, 2.75) is 13.3 Å². The Labute approximate surface area is 147 Å². The maximum Gasteiger partial charge on any atom is 0.343 e. The van der Waals surface area contributed by atoms with Crippen LogP contribution in [-0.2, 0) is 23.0 Å². The van der Waals surface area contributed by atoms with Gasteiger partial charge in [0.1, 0.15) is 22.4 Å². The molecule has 0 aliphatic heterocycles. The van der Waals surface area contributed by atoms with Gasteiger partial charge in [-0.15, -0.1) is 0 Å². The van der Waals surface area contributed by atoms with Gasteiger partial charge in [0, 0.05) is 19.2 Å². The number of aromatic nitrogens is 2. The van der Waals surface area contributed by atoms with Crippen LogP contribution in [0.5, 0.6) is 0 Å². The molecule has 0 aliphatic rings. The summed E-state index contributed by atoms with van der Waals surface area (Å²) in [6, 6.07) is 3.54. The highest BCUT2D eigenvalue weighted by Gasteiger charge is 2.21. The molecule has 0 atom stereocenters. The second-order valence-electron chi connectivity index (χ2n) is 5.25. The zero-order chi connectivity index (χ0) is 18.6. The molecule has 2 rings (SSSR count). The van der Waals surface area contributed by atoms with Crippen molar-refractivity contribution in [3.63, 3.8) is 0 Å². The number of hydrogen-bond donors (Lipinski definition) is 1. The average Bonchev–Trinajstić information content (AvgIpc) is 2.80. The summed E-state index contributed by atoms with van der Waals surface area (Å²) in [6.45, 7) is 1.05. The molecule has 1 N–H and O–H groups in total. The van der Waals surface area contributed by atoms with Crippen LogP contribution >= 0.6 is 11.6 Å². The van der Waals surface area contributed by atoms with Crippen LogP contribution in [0.4, 0.5) is 8.78 Å². The van der Waals surface area contributed by atoms with Crippen LogP contribution in [0.15, 0.2) is 18.2 Å². The Balaban J connectivity index is 1.82. The summed E-state index contributed by atoms with van der Waals surface area (Å²) in [5, 5.41) is 6.50. The summed E-state index contributed by atoms with van der Waals surface area (Å²) in [6.07, 6.45) is -0.0221. The normalized spacial score (nSPS) is 10.6. The van der Waals surface area contributed by atoms with E-state index in [2.05, 4.69) is 10.4 Å². The van der Waals surface area contributed by atoms with Crippen molar-refractivity contribution in [1.82, 2.24) is 15.1 Å². The highest BCUT2D eigenvalue weighted by Crippen LogP contribution is 2.19. The van der Waals surface area contributed by atoms with Gasteiger partial charge < -0.3 is 10.1 Å². The van der Waals surface area contributed by atoms with Crippen LogP contribution in [-0.4, -0.2) is 34.8 Å². The summed E-state index contributed by atoms with van der Waals surface area (Å²) in [4.78, 5) is 23.6. The molecule has 1 amide bonds. The van der Waals surface area contributed by atoms with Crippen LogP contribution in [0.1, 0.15) is 21.6 Å². The van der Waals surface area contributed by atoms with E-state index in [1.54, 1.807) is 14.0 Å². The number of ether oxygens (including phenoxy) is 1. The first-order chi connectivity index (χ1) is 11.8. The molecular weight excluding hydrogens is 356 g/mol. The summed E-state index contributed by atoms with van der Waals surface area (Å²) < 4.78 is 33.1. The Morgan fingerprint density at radius 1 is 1.32 bits per heavy atom. The van der Waals surface area contributed by atoms with E-state index in [1.807, 2.05) is 0 Å². The summed E-state index contributed by atoms with van der Waals surface area (Å²) in [5.41, 5.74) is 0.357. The van der Waals surface area contributed by atoms with Crippen molar-refractivity contribution in [2.24, 2.45) is 7.05 Å². The van der Waals surface area contributed by atoms with E-state index in [4.69, 9.17) is 16.3 Å². The predicted molar refractivity (Wildman–Crippen MR) is 86.3 cm³/mol. The lowest BCUT2D eigenvalue weighted by atomic mass is 10.1. The molecule has 2 aromatic rings. The first kappa shape index (κ1) is 18.9. The highest BCUT2D eigenvalue weighted by atomic mass is 35.5. The second kappa shape index (κ2) is 8.06. The van der Waals surface area contributed by atoms with Crippen molar-refractivity contribution >= 4 is 23.5 Å². The average molecular weight is 372 g/mol. The summed E-state index contributed by atoms with van der Waals surface area (Å²) in [7, 11) is 1.57. The van der Waals surface area contributed by atoms with E-state index in [0.717, 1.165) is 12.1 Å². The zero-order valence-electron chi connectivity index (χ0n) is 13.6. The lowest BCUT2D eigenvalue weighted by Gasteiger charge is -2.08. The number of rotatable bonds is 6. The number of halogens is 3. The number of carbonyl (C=O) groups excluding carboxylic acids is 2. The van der Waals surface area contributed by atoms with Gasteiger partial charge in [-0.3, -0.25) is 9.48 Å². The third-order valence-corrected chi connectivity index (χ3v) is 3.88. The molecule has 1 heterocycles. The molecule has 0 saturated carbocycles. The fraction of sp³-hybridized carbons (Fsp3) is 0.312. The number of nitrogens with one attached hydrogen (secondary N) is 1. The second-order valence-corrected chi connectivity index (χ2v) is 5.61. The van der Waals surface area contributed by atoms with Gasteiger partial charge in [0.25, 0.3) is 5.91 Å². The number of benzene rings is 1. The quantitative estimate of drug-likeness (QED) is 0.790. The Bertz CT molecular complexity index is 788. The van der Waals surface area contributed by atoms with Gasteiger partial charge in [0.15, 0.2) is 6.61 Å². The molecule has 0 saturated heterocycles. The minimum atomic E-state index is -0.772. The third-order valence-electron chi connectivity index (χ3n) is 3.45. The molecule has 9 heteroatoms. The molecule has 0 unspecified atom stereocenters. The predicted octanol–water partition coefficient (Wildman–Crippen LogP) is 2.18. The van der Waals surface area contributed by atoms with Crippen LogP contribution in [0.2, 0.25) is 5.15 Å². The molecular formula is C16H16ClF2N3O3. The number of nitrogens with zero attached hydrogens (tertiary/aromatic N) is 2. The molecule has 1 aromatic heterocycles. The smallest absolute Gasteiger partial charge is 0.343 e. The van der Waals surface area contributed by atoms with E-state index in [1.165, 1.54) is 10.7 Å². The molecule has 0 radical (unpaired) electrons. The molecule has 1 aromatic carbocycles. The number of hydrogen-bond acceptors (Lipinski definition) is 4. The summed E-state index contributed by atoms with van der Waals surface area (Å²) >= 11 is 5.93. The molecule has 0 bridgehead atoms. The lowest BCUT2D eigenvalue weighted by molar-refractivity contribution is -0.124. The minimum absolute atomic E-state index is 0.000906. The van der Waals surface area contributed by atoms with Gasteiger partial charge in [0.2, 0.25) is 0 Å². The van der Waals surface area contributed by atoms with Gasteiger partial charge in [0.05, 0.1) is 5.69 Å². The lowest BCUT2D eigenvalue weighted by Crippen LogP contribution is -2.30. The topological polar surface area (TPSA) is 73.2 Å². The fourth-order valence-corrected chi connectivity index (χ4v) is 2.47. The molecule has 0 fully saturated rings. The molecule has 0 aliphatic carbocycles. The van der Waals surface area contributed by atoms with E-state index in [-0.39, 0.29) is 29.2 Å². The Kier molecular flexibility index (Phi) is 6.08. The van der Waals surface area contributed by atoms with Crippen molar-refractivity contribution in [2.75, 3.05) is 13.2 Å². The molecule has 25 heavy (non-hydrogen) atoms. The van der Waals surface area contributed by atoms with Crippen molar-refractivity contribution in [3.05, 3.63) is 51.8 Å². The Morgan fingerprint density at radius 3 is 2.52 bits per heavy atom. The Hall–Kier alpha value is -2.48. The van der Waals surface area contributed by atoms with Crippen molar-refractivity contribution in [1.29, 1.82) is 0 Å². The van der Waals surface area contributed by atoms with Crippen LogP contribution in [0.25, 0.3) is 0 Å². The van der Waals surface area contributed by atoms with E-state index in [0.29, 0.717) is 5.69 Å². The van der Waals surface area contributed by atoms with Gasteiger partial charge in [-0.2, -0.15) is 5.10 Å². The highest BCUT2D eigenvalue weighted by molar-refractivity contribution is 6.32. The Morgan fingerprint density at radius 2 is 1.96 bits per heavy atom. The SMILES string of the molecule is Cc1nn(C)c(Cl)c1C(=O)OCC(=O)NCCc1c(F)cccc1F. The van der Waals surface area contributed by atoms with E-state index >= 15 is 0 Å². The standard InChI is InChI=1S/C16H16ClF2N3O3/c1-9-14(15(17)22(2)21-9)16(24)25-8-13(23)20-7-6-10-11(18)4-3-5-12(10)19/h3-5H,6-8H2,1-2H3,(H,20,23).